The number of anilines is 1. The van der Waals surface area contributed by atoms with Crippen molar-refractivity contribution in [3.8, 4) is 11.3 Å². The fourth-order valence-corrected chi connectivity index (χ4v) is 5.33. The van der Waals surface area contributed by atoms with Crippen molar-refractivity contribution >= 4 is 33.6 Å². The number of carbonyl (C=O) groups excluding carboxylic acids is 2. The molecule has 2 unspecified atom stereocenters. The molecule has 0 aliphatic carbocycles. The number of aromatic amines is 1. The Hall–Kier alpha value is -3.28. The van der Waals surface area contributed by atoms with Crippen LogP contribution in [0, 0.1) is 5.82 Å². The molecule has 2 atom stereocenters. The number of H-pyrrole nitrogens is 1. The van der Waals surface area contributed by atoms with Crippen LogP contribution in [0.4, 0.5) is 27.8 Å². The molecule has 12 heteroatoms. The van der Waals surface area contributed by atoms with Gasteiger partial charge < -0.3 is 15.2 Å². The number of alkyl halides is 4. The second-order valence-electron chi connectivity index (χ2n) is 8.92. The number of pyridine rings is 1. The van der Waals surface area contributed by atoms with Gasteiger partial charge in [0, 0.05) is 49.3 Å². The Bertz CT molecular complexity index is 1320. The lowest BCUT2D eigenvalue weighted by molar-refractivity contribution is -0.118. The number of nitrogens with one attached hydrogen (secondary N) is 2. The van der Waals surface area contributed by atoms with Crippen LogP contribution >= 0.6 is 15.9 Å². The number of hydrogen-bond acceptors (Lipinski definition) is 3. The standard InChI is InChI=1S/C26H24BrF5N4O2/c1-2-36-12-15(9-18(29)30)23-21(26(36)38)22(27)24(35-23)14-7-8-33-20(10-14)34-25(37)17(11-19(31)32)13-3-5-16(28)6-4-13/h3-8,10,15,17-19,35H,2,9,11-12H2,1H3,(H,33,34,37). The zero-order valence-corrected chi connectivity index (χ0v) is 21.7. The van der Waals surface area contributed by atoms with Crippen molar-refractivity contribution < 1.29 is 31.5 Å². The number of halogens is 6. The van der Waals surface area contributed by atoms with E-state index in [1.807, 2.05) is 0 Å². The largest absolute Gasteiger partial charge is 0.356 e. The SMILES string of the molecule is CCN1CC(CC(F)F)c2[nH]c(-c3ccnc(NC(=O)C(CC(F)F)c4ccc(F)cc4)c3)c(Br)c2C1=O. The molecule has 202 valence electrons. The summed E-state index contributed by atoms with van der Waals surface area (Å²) in [4.78, 5) is 34.7. The first-order valence-corrected chi connectivity index (χ1v) is 12.7. The van der Waals surface area contributed by atoms with Gasteiger partial charge in [-0.1, -0.05) is 12.1 Å². The highest BCUT2D eigenvalue weighted by Gasteiger charge is 2.37. The van der Waals surface area contributed by atoms with Gasteiger partial charge in [-0.3, -0.25) is 9.59 Å². The third-order valence-electron chi connectivity index (χ3n) is 6.47. The van der Waals surface area contributed by atoms with E-state index in [0.717, 1.165) is 12.1 Å². The van der Waals surface area contributed by atoms with Gasteiger partial charge in [-0.2, -0.15) is 0 Å². The van der Waals surface area contributed by atoms with Crippen molar-refractivity contribution in [3.05, 3.63) is 69.7 Å². The second kappa shape index (κ2) is 11.6. The topological polar surface area (TPSA) is 78.1 Å². The highest BCUT2D eigenvalue weighted by atomic mass is 79.9. The normalized spacial score (nSPS) is 16.2. The van der Waals surface area contributed by atoms with Gasteiger partial charge in [0.25, 0.3) is 5.91 Å². The third kappa shape index (κ3) is 5.90. The molecule has 2 aromatic heterocycles. The van der Waals surface area contributed by atoms with Crippen LogP contribution in [-0.4, -0.2) is 52.6 Å². The Balaban J connectivity index is 1.65. The molecule has 0 saturated heterocycles. The first-order chi connectivity index (χ1) is 18.1. The van der Waals surface area contributed by atoms with Crippen LogP contribution in [0.5, 0.6) is 0 Å². The monoisotopic (exact) mass is 598 g/mol. The van der Waals surface area contributed by atoms with E-state index >= 15 is 0 Å². The fraction of sp³-hybridized carbons (Fsp3) is 0.346. The summed E-state index contributed by atoms with van der Waals surface area (Å²) in [6.07, 6.45) is -5.15. The second-order valence-corrected chi connectivity index (χ2v) is 9.71. The number of hydrogen-bond donors (Lipinski definition) is 2. The van der Waals surface area contributed by atoms with E-state index in [0.29, 0.717) is 28.0 Å². The highest BCUT2D eigenvalue weighted by Crippen LogP contribution is 2.41. The zero-order valence-electron chi connectivity index (χ0n) is 20.2. The molecule has 1 aromatic carbocycles. The van der Waals surface area contributed by atoms with Crippen LogP contribution in [-0.2, 0) is 4.79 Å². The number of aromatic nitrogens is 2. The quantitative estimate of drug-likeness (QED) is 0.273. The molecular formula is C26H24BrF5N4O2. The van der Waals surface area contributed by atoms with Crippen molar-refractivity contribution in [1.29, 1.82) is 0 Å². The predicted octanol–water partition coefficient (Wildman–Crippen LogP) is 6.57. The Labute approximate surface area is 223 Å². The lowest BCUT2D eigenvalue weighted by atomic mass is 9.93. The predicted molar refractivity (Wildman–Crippen MR) is 135 cm³/mol. The minimum atomic E-state index is -2.78. The molecule has 0 fully saturated rings. The van der Waals surface area contributed by atoms with E-state index in [-0.39, 0.29) is 29.4 Å². The van der Waals surface area contributed by atoms with Crippen molar-refractivity contribution in [3.63, 3.8) is 0 Å². The number of nitrogens with zero attached hydrogens (tertiary/aromatic N) is 2. The van der Waals surface area contributed by atoms with E-state index in [2.05, 4.69) is 31.2 Å². The van der Waals surface area contributed by atoms with Gasteiger partial charge in [0.15, 0.2) is 0 Å². The van der Waals surface area contributed by atoms with Crippen molar-refractivity contribution in [2.24, 2.45) is 0 Å². The summed E-state index contributed by atoms with van der Waals surface area (Å²) in [5.74, 6) is -3.40. The first kappa shape index (κ1) is 27.7. The maximum absolute atomic E-state index is 13.3. The number of amides is 2. The van der Waals surface area contributed by atoms with Crippen LogP contribution < -0.4 is 5.32 Å². The van der Waals surface area contributed by atoms with Crippen LogP contribution in [0.1, 0.15) is 53.2 Å². The fourth-order valence-electron chi connectivity index (χ4n) is 4.62. The summed E-state index contributed by atoms with van der Waals surface area (Å²) in [5.41, 5.74) is 1.81. The molecule has 4 rings (SSSR count). The number of carbonyl (C=O) groups is 2. The molecule has 1 aliphatic heterocycles. The van der Waals surface area contributed by atoms with Crippen LogP contribution in [0.25, 0.3) is 11.3 Å². The molecular weight excluding hydrogens is 575 g/mol. The van der Waals surface area contributed by atoms with Crippen LogP contribution in [0.3, 0.4) is 0 Å². The van der Waals surface area contributed by atoms with Gasteiger partial charge in [-0.25, -0.2) is 26.9 Å². The Morgan fingerprint density at radius 3 is 2.53 bits per heavy atom. The van der Waals surface area contributed by atoms with Crippen LogP contribution in [0.2, 0.25) is 0 Å². The van der Waals surface area contributed by atoms with Crippen molar-refractivity contribution in [2.45, 2.75) is 44.5 Å². The van der Waals surface area contributed by atoms with Gasteiger partial charge in [-0.15, -0.1) is 0 Å². The minimum absolute atomic E-state index is 0.0546. The number of rotatable bonds is 9. The summed E-state index contributed by atoms with van der Waals surface area (Å²) in [5, 5.41) is 2.53. The molecule has 6 nitrogen and oxygen atoms in total. The number of fused-ring (bicyclic) bond motifs is 1. The molecule has 1 aliphatic rings. The molecule has 38 heavy (non-hydrogen) atoms. The first-order valence-electron chi connectivity index (χ1n) is 11.9. The number of benzene rings is 1. The molecule has 2 amide bonds. The van der Waals surface area contributed by atoms with Gasteiger partial charge >= 0.3 is 0 Å². The molecule has 0 saturated carbocycles. The molecule has 0 radical (unpaired) electrons. The van der Waals surface area contributed by atoms with E-state index in [4.69, 9.17) is 0 Å². The maximum Gasteiger partial charge on any atom is 0.256 e. The van der Waals surface area contributed by atoms with E-state index < -0.39 is 49.3 Å². The lowest BCUT2D eigenvalue weighted by Crippen LogP contribution is -2.40. The average molecular weight is 599 g/mol. The van der Waals surface area contributed by atoms with Gasteiger partial charge in [0.2, 0.25) is 18.8 Å². The molecule has 2 N–H and O–H groups in total. The van der Waals surface area contributed by atoms with Crippen LogP contribution in [0.15, 0.2) is 47.1 Å². The van der Waals surface area contributed by atoms with E-state index in [1.54, 1.807) is 13.0 Å². The highest BCUT2D eigenvalue weighted by molar-refractivity contribution is 9.10. The van der Waals surface area contributed by atoms with Crippen molar-refractivity contribution in [1.82, 2.24) is 14.9 Å². The summed E-state index contributed by atoms with van der Waals surface area (Å²) in [7, 11) is 0. The summed E-state index contributed by atoms with van der Waals surface area (Å²) >= 11 is 3.44. The Morgan fingerprint density at radius 1 is 1.18 bits per heavy atom. The van der Waals surface area contributed by atoms with Gasteiger partial charge in [-0.05, 0) is 52.7 Å². The summed E-state index contributed by atoms with van der Waals surface area (Å²) in [6.45, 7) is 2.30. The van der Waals surface area contributed by atoms with Crippen molar-refractivity contribution in [2.75, 3.05) is 18.4 Å². The summed E-state index contributed by atoms with van der Waals surface area (Å²) in [6, 6.07) is 7.81. The average Bonchev–Trinajstić information content (AvgIpc) is 3.22. The van der Waals surface area contributed by atoms with Gasteiger partial charge in [0.05, 0.1) is 21.6 Å². The maximum atomic E-state index is 13.3. The van der Waals surface area contributed by atoms with E-state index in [1.165, 1.54) is 29.3 Å². The molecule has 0 spiro atoms. The smallest absolute Gasteiger partial charge is 0.256 e. The summed E-state index contributed by atoms with van der Waals surface area (Å²) < 4.78 is 66.7. The lowest BCUT2D eigenvalue weighted by Gasteiger charge is -2.31. The van der Waals surface area contributed by atoms with Gasteiger partial charge in [0.1, 0.15) is 11.6 Å². The van der Waals surface area contributed by atoms with E-state index in [9.17, 15) is 31.5 Å². The Kier molecular flexibility index (Phi) is 8.49. The molecule has 3 aromatic rings. The number of likely N-dealkylation sites (N-methyl/N-ethyl adjacent to an activating group) is 1. The minimum Gasteiger partial charge on any atom is -0.356 e. The Morgan fingerprint density at radius 2 is 1.89 bits per heavy atom. The molecule has 0 bridgehead atoms. The molecule has 3 heterocycles. The zero-order chi connectivity index (χ0) is 27.6. The third-order valence-corrected chi connectivity index (χ3v) is 7.26.